The second-order valence-electron chi connectivity index (χ2n) is 13.3. The van der Waals surface area contributed by atoms with Crippen molar-refractivity contribution in [1.29, 1.82) is 0 Å². The zero-order chi connectivity index (χ0) is 24.2. The fraction of sp³-hybridized carbons (Fsp3) is 0.931. The summed E-state index contributed by atoms with van der Waals surface area (Å²) in [4.78, 5) is 24.5. The highest BCUT2D eigenvalue weighted by atomic mass is 16.6. The van der Waals surface area contributed by atoms with Crippen molar-refractivity contribution in [3.05, 3.63) is 0 Å². The van der Waals surface area contributed by atoms with Crippen LogP contribution in [0.3, 0.4) is 0 Å². The van der Waals surface area contributed by atoms with Crippen molar-refractivity contribution in [1.82, 2.24) is 0 Å². The van der Waals surface area contributed by atoms with Crippen molar-refractivity contribution >= 4 is 11.8 Å². The highest BCUT2D eigenvalue weighted by molar-refractivity contribution is 5.81. The maximum Gasteiger partial charge on any atom is 0.303 e. The Hall–Kier alpha value is -0.900. The summed E-state index contributed by atoms with van der Waals surface area (Å²) in [6.45, 7) is 13.3. The third kappa shape index (κ3) is 4.10. The number of ketones is 1. The molecule has 1 N–H and O–H groups in total. The van der Waals surface area contributed by atoms with E-state index in [1.54, 1.807) is 0 Å². The van der Waals surface area contributed by atoms with Gasteiger partial charge in [-0.1, -0.05) is 53.9 Å². The summed E-state index contributed by atoms with van der Waals surface area (Å²) < 4.78 is 5.82. The van der Waals surface area contributed by atoms with Crippen molar-refractivity contribution in [3.63, 3.8) is 0 Å². The Balaban J connectivity index is 1.59. The van der Waals surface area contributed by atoms with Gasteiger partial charge in [-0.25, -0.2) is 0 Å². The number of esters is 1. The van der Waals surface area contributed by atoms with Crippen LogP contribution in [-0.4, -0.2) is 28.6 Å². The van der Waals surface area contributed by atoms with Gasteiger partial charge in [-0.15, -0.1) is 0 Å². The largest absolute Gasteiger partial charge is 0.459 e. The van der Waals surface area contributed by atoms with Crippen LogP contribution >= 0.6 is 0 Å². The van der Waals surface area contributed by atoms with Gasteiger partial charge in [0.15, 0.2) is 0 Å². The minimum absolute atomic E-state index is 0.113. The summed E-state index contributed by atoms with van der Waals surface area (Å²) >= 11 is 0. The second-order valence-corrected chi connectivity index (χ2v) is 13.3. The molecule has 0 spiro atoms. The van der Waals surface area contributed by atoms with Crippen LogP contribution in [0.4, 0.5) is 0 Å². The van der Waals surface area contributed by atoms with Crippen molar-refractivity contribution in [3.8, 4) is 0 Å². The summed E-state index contributed by atoms with van der Waals surface area (Å²) in [7, 11) is 0. The van der Waals surface area contributed by atoms with E-state index < -0.39 is 11.7 Å². The molecule has 0 radical (unpaired) electrons. The predicted molar refractivity (Wildman–Crippen MR) is 130 cm³/mol. The second kappa shape index (κ2) is 8.95. The molecule has 0 unspecified atom stereocenters. The molecule has 4 aliphatic rings. The van der Waals surface area contributed by atoms with Crippen LogP contribution in [0.1, 0.15) is 112 Å². The van der Waals surface area contributed by atoms with Crippen molar-refractivity contribution < 1.29 is 19.4 Å². The van der Waals surface area contributed by atoms with E-state index >= 15 is 0 Å². The average molecular weight is 461 g/mol. The van der Waals surface area contributed by atoms with Gasteiger partial charge in [0.1, 0.15) is 17.5 Å². The Morgan fingerprint density at radius 1 is 1.09 bits per heavy atom. The van der Waals surface area contributed by atoms with Crippen molar-refractivity contribution in [2.75, 3.05) is 0 Å². The molecule has 0 aromatic carbocycles. The molecule has 4 aliphatic carbocycles. The topological polar surface area (TPSA) is 63.6 Å². The minimum atomic E-state index is -1.22. The van der Waals surface area contributed by atoms with Crippen LogP contribution in [0, 0.1) is 46.3 Å². The quantitative estimate of drug-likeness (QED) is 0.470. The van der Waals surface area contributed by atoms with E-state index in [0.29, 0.717) is 29.6 Å². The molecule has 4 saturated carbocycles. The number of carbonyl (C=O) groups is 2. The Labute approximate surface area is 201 Å². The van der Waals surface area contributed by atoms with E-state index in [-0.39, 0.29) is 23.6 Å². The van der Waals surface area contributed by atoms with Crippen molar-refractivity contribution in [2.24, 2.45) is 46.3 Å². The fourth-order valence-electron chi connectivity index (χ4n) is 9.41. The molecule has 0 aliphatic heterocycles. The zero-order valence-electron chi connectivity index (χ0n) is 22.0. The highest BCUT2D eigenvalue weighted by Crippen LogP contribution is 2.69. The monoisotopic (exact) mass is 460 g/mol. The first-order chi connectivity index (χ1) is 15.4. The van der Waals surface area contributed by atoms with E-state index in [9.17, 15) is 14.7 Å². The smallest absolute Gasteiger partial charge is 0.303 e. The van der Waals surface area contributed by atoms with E-state index in [2.05, 4.69) is 34.6 Å². The van der Waals surface area contributed by atoms with Gasteiger partial charge >= 0.3 is 5.97 Å². The predicted octanol–water partition coefficient (Wildman–Crippen LogP) is 6.33. The summed E-state index contributed by atoms with van der Waals surface area (Å²) in [5.41, 5.74) is -1.23. The number of aliphatic hydroxyl groups is 1. The summed E-state index contributed by atoms with van der Waals surface area (Å²) in [5, 5.41) is 12.0. The molecular weight excluding hydrogens is 412 g/mol. The van der Waals surface area contributed by atoms with Gasteiger partial charge in [0.2, 0.25) is 0 Å². The van der Waals surface area contributed by atoms with E-state index in [1.807, 2.05) is 0 Å². The van der Waals surface area contributed by atoms with Crippen LogP contribution in [0.2, 0.25) is 0 Å². The Bertz CT molecular complexity index is 761. The number of carbonyl (C=O) groups excluding carboxylic acids is 2. The molecule has 0 heterocycles. The lowest BCUT2D eigenvalue weighted by Gasteiger charge is -2.65. The summed E-state index contributed by atoms with van der Waals surface area (Å²) in [5.74, 6) is 3.59. The maximum absolute atomic E-state index is 12.4. The molecule has 0 aromatic rings. The third-order valence-corrected chi connectivity index (χ3v) is 11.2. The van der Waals surface area contributed by atoms with E-state index in [4.69, 9.17) is 4.74 Å². The number of hydrogen-bond donors (Lipinski definition) is 1. The molecule has 0 amide bonds. The number of hydrogen-bond acceptors (Lipinski definition) is 4. The number of rotatable bonds is 6. The third-order valence-electron chi connectivity index (χ3n) is 11.2. The van der Waals surface area contributed by atoms with Crippen LogP contribution in [-0.2, 0) is 14.3 Å². The standard InChI is InChI=1S/C29H48O4/c1-18(2)8-7-9-19(3)23-10-11-24-22-16-26(33-20(4)30)29(32)17-21(31)12-15-28(29,6)25(22)13-14-27(23,24)5/h18-19,22-26,32H,7-17H2,1-6H3/t19-,22+,23-,24-,25+,26-,27-,28-,29+/m1/s1. The lowest BCUT2D eigenvalue weighted by Crippen LogP contribution is -2.69. The maximum atomic E-state index is 12.4. The lowest BCUT2D eigenvalue weighted by atomic mass is 9.42. The summed E-state index contributed by atoms with van der Waals surface area (Å²) in [6.07, 6.45) is 10.5. The molecule has 0 aromatic heterocycles. The molecule has 9 atom stereocenters. The molecule has 4 fully saturated rings. The number of Topliss-reactive ketones (excluding diaryl/α,β-unsaturated/α-hetero) is 1. The molecule has 0 bridgehead atoms. The molecule has 33 heavy (non-hydrogen) atoms. The van der Waals surface area contributed by atoms with Crippen LogP contribution in [0.15, 0.2) is 0 Å². The van der Waals surface area contributed by atoms with Gasteiger partial charge < -0.3 is 9.84 Å². The Morgan fingerprint density at radius 2 is 1.82 bits per heavy atom. The Kier molecular flexibility index (Phi) is 6.84. The van der Waals surface area contributed by atoms with Gasteiger partial charge in [-0.3, -0.25) is 9.59 Å². The van der Waals surface area contributed by atoms with Gasteiger partial charge in [-0.2, -0.15) is 0 Å². The van der Waals surface area contributed by atoms with Crippen LogP contribution < -0.4 is 0 Å². The zero-order valence-corrected chi connectivity index (χ0v) is 22.0. The SMILES string of the molecule is CC(=O)O[C@@H]1C[C@H]2[C@H]3CC[C@H]([C@H](C)CCCC(C)C)[C@@]3(C)CC[C@@H]2[C@@]2(C)CCC(=O)C[C@]12O. The molecular formula is C29H48O4. The normalized spacial score (nSPS) is 45.8. The van der Waals surface area contributed by atoms with Gasteiger partial charge in [0.25, 0.3) is 0 Å². The molecule has 4 nitrogen and oxygen atoms in total. The summed E-state index contributed by atoms with van der Waals surface area (Å²) in [6, 6.07) is 0. The number of ether oxygens (including phenoxy) is 1. The van der Waals surface area contributed by atoms with Gasteiger partial charge in [0, 0.05) is 25.2 Å². The van der Waals surface area contributed by atoms with Crippen molar-refractivity contribution in [2.45, 2.75) is 124 Å². The molecule has 0 saturated heterocycles. The van der Waals surface area contributed by atoms with Crippen LogP contribution in [0.5, 0.6) is 0 Å². The van der Waals surface area contributed by atoms with E-state index in [0.717, 1.165) is 37.0 Å². The fourth-order valence-corrected chi connectivity index (χ4v) is 9.41. The lowest BCUT2D eigenvalue weighted by molar-refractivity contribution is -0.255. The average Bonchev–Trinajstić information content (AvgIpc) is 3.07. The Morgan fingerprint density at radius 3 is 2.48 bits per heavy atom. The first-order valence-electron chi connectivity index (χ1n) is 13.8. The number of fused-ring (bicyclic) bond motifs is 5. The highest BCUT2D eigenvalue weighted by Gasteiger charge is 2.68. The van der Waals surface area contributed by atoms with Crippen LogP contribution in [0.25, 0.3) is 0 Å². The first-order valence-corrected chi connectivity index (χ1v) is 13.8. The molecule has 188 valence electrons. The molecule has 4 heteroatoms. The first kappa shape index (κ1) is 25.2. The molecule has 4 rings (SSSR count). The minimum Gasteiger partial charge on any atom is -0.459 e. The van der Waals surface area contributed by atoms with E-state index in [1.165, 1.54) is 45.4 Å². The van der Waals surface area contributed by atoms with Gasteiger partial charge in [0.05, 0.1) is 0 Å². The van der Waals surface area contributed by atoms with Gasteiger partial charge in [-0.05, 0) is 79.4 Å².